The first-order valence-electron chi connectivity index (χ1n) is 4.70. The molecule has 1 aromatic rings. The van der Waals surface area contributed by atoms with Crippen LogP contribution in [0.2, 0.25) is 0 Å². The molecule has 8 heteroatoms. The van der Waals surface area contributed by atoms with Gasteiger partial charge >= 0.3 is 0 Å². The summed E-state index contributed by atoms with van der Waals surface area (Å²) in [6.45, 7) is -0.0524. The van der Waals surface area contributed by atoms with Crippen LogP contribution in [0, 0.1) is 0 Å². The van der Waals surface area contributed by atoms with Gasteiger partial charge in [0.05, 0.1) is 24.6 Å². The molecule has 1 rings (SSSR count). The zero-order chi connectivity index (χ0) is 12.9. The lowest BCUT2D eigenvalue weighted by Crippen LogP contribution is -2.31. The van der Waals surface area contributed by atoms with E-state index in [1.54, 1.807) is 0 Å². The third-order valence-electron chi connectivity index (χ3n) is 1.92. The number of nitrogens with two attached hydrogens (primary N) is 1. The first-order chi connectivity index (χ1) is 7.94. The van der Waals surface area contributed by atoms with Gasteiger partial charge in [0.2, 0.25) is 10.0 Å². The molecule has 3 N–H and O–H groups in total. The fourth-order valence-corrected chi connectivity index (χ4v) is 1.52. The summed E-state index contributed by atoms with van der Waals surface area (Å²) in [4.78, 5) is 15.5. The molecule has 17 heavy (non-hydrogen) atoms. The Morgan fingerprint density at radius 2 is 2.29 bits per heavy atom. The minimum Gasteiger partial charge on any atom is -0.494 e. The topological polar surface area (TPSA) is 111 Å². The Labute approximate surface area is 99.0 Å². The Hall–Kier alpha value is -1.67. The van der Waals surface area contributed by atoms with Gasteiger partial charge in [0.15, 0.2) is 0 Å². The van der Waals surface area contributed by atoms with E-state index in [1.165, 1.54) is 25.6 Å². The van der Waals surface area contributed by atoms with E-state index in [2.05, 4.69) is 10.3 Å². The number of hydrogen-bond acceptors (Lipinski definition) is 5. The standard InChI is InChI=1S/C9H13N3O4S/c1-16-8-6-11-3-2-7(8)9(13)12-4-5-17(10,14)15/h2-3,6H,4-5H2,1H3,(H,12,13)(H2,10,14,15). The van der Waals surface area contributed by atoms with Gasteiger partial charge in [-0.25, -0.2) is 13.6 Å². The highest BCUT2D eigenvalue weighted by atomic mass is 32.2. The number of carbonyl (C=O) groups is 1. The van der Waals surface area contributed by atoms with Gasteiger partial charge in [0.25, 0.3) is 5.91 Å². The third kappa shape index (κ3) is 4.37. The van der Waals surface area contributed by atoms with E-state index in [-0.39, 0.29) is 17.9 Å². The van der Waals surface area contributed by atoms with Gasteiger partial charge in [0.1, 0.15) is 5.75 Å². The molecule has 1 aromatic heterocycles. The molecular weight excluding hydrogens is 246 g/mol. The van der Waals surface area contributed by atoms with Crippen molar-refractivity contribution in [1.29, 1.82) is 0 Å². The van der Waals surface area contributed by atoms with Gasteiger partial charge in [-0.3, -0.25) is 9.78 Å². The van der Waals surface area contributed by atoms with Gasteiger partial charge in [-0.15, -0.1) is 0 Å². The maximum Gasteiger partial charge on any atom is 0.255 e. The number of nitrogens with zero attached hydrogens (tertiary/aromatic N) is 1. The molecule has 0 saturated carbocycles. The summed E-state index contributed by atoms with van der Waals surface area (Å²) in [5.74, 6) is -0.430. The summed E-state index contributed by atoms with van der Waals surface area (Å²) >= 11 is 0. The van der Waals surface area contributed by atoms with Crippen LogP contribution in [0.1, 0.15) is 10.4 Å². The van der Waals surface area contributed by atoms with Crippen molar-refractivity contribution < 1.29 is 17.9 Å². The molecule has 0 bridgehead atoms. The Balaban J connectivity index is 2.64. The lowest BCUT2D eigenvalue weighted by molar-refractivity contribution is 0.0953. The number of primary sulfonamides is 1. The van der Waals surface area contributed by atoms with Gasteiger partial charge in [-0.05, 0) is 6.07 Å². The van der Waals surface area contributed by atoms with E-state index in [1.807, 2.05) is 0 Å². The van der Waals surface area contributed by atoms with E-state index in [0.29, 0.717) is 5.75 Å². The highest BCUT2D eigenvalue weighted by Gasteiger charge is 2.12. The first kappa shape index (κ1) is 13.4. The number of methoxy groups -OCH3 is 1. The molecule has 0 atom stereocenters. The number of ether oxygens (including phenoxy) is 1. The van der Waals surface area contributed by atoms with Crippen molar-refractivity contribution >= 4 is 15.9 Å². The number of nitrogens with one attached hydrogen (secondary N) is 1. The molecule has 0 aliphatic carbocycles. The van der Waals surface area contributed by atoms with Crippen molar-refractivity contribution in [2.75, 3.05) is 19.4 Å². The molecule has 1 heterocycles. The van der Waals surface area contributed by atoms with Crippen molar-refractivity contribution in [2.45, 2.75) is 0 Å². The number of carbonyl (C=O) groups excluding carboxylic acids is 1. The summed E-state index contributed by atoms with van der Waals surface area (Å²) in [5, 5.41) is 7.23. The lowest BCUT2D eigenvalue weighted by Gasteiger charge is -2.07. The molecule has 94 valence electrons. The number of hydrogen-bond donors (Lipinski definition) is 2. The molecule has 0 radical (unpaired) electrons. The summed E-state index contributed by atoms with van der Waals surface area (Å²) in [6.07, 6.45) is 2.84. The highest BCUT2D eigenvalue weighted by Crippen LogP contribution is 2.14. The monoisotopic (exact) mass is 259 g/mol. The molecule has 0 unspecified atom stereocenters. The van der Waals surface area contributed by atoms with Crippen LogP contribution in [-0.2, 0) is 10.0 Å². The molecule has 0 spiro atoms. The number of aromatic nitrogens is 1. The summed E-state index contributed by atoms with van der Waals surface area (Å²) in [6, 6.07) is 1.48. The molecule has 0 fully saturated rings. The van der Waals surface area contributed by atoms with E-state index in [9.17, 15) is 13.2 Å². The summed E-state index contributed by atoms with van der Waals surface area (Å²) in [5.41, 5.74) is 0.289. The van der Waals surface area contributed by atoms with Crippen LogP contribution in [-0.4, -0.2) is 38.7 Å². The van der Waals surface area contributed by atoms with Crippen LogP contribution < -0.4 is 15.2 Å². The molecule has 0 aliphatic heterocycles. The maximum atomic E-state index is 11.7. The quantitative estimate of drug-likeness (QED) is 0.712. The molecule has 0 saturated heterocycles. The van der Waals surface area contributed by atoms with Crippen LogP contribution in [0.15, 0.2) is 18.5 Å². The normalized spacial score (nSPS) is 10.9. The van der Waals surface area contributed by atoms with Gasteiger partial charge in [-0.2, -0.15) is 0 Å². The van der Waals surface area contributed by atoms with Crippen molar-refractivity contribution in [3.63, 3.8) is 0 Å². The van der Waals surface area contributed by atoms with Crippen LogP contribution in [0.25, 0.3) is 0 Å². The second-order valence-corrected chi connectivity index (χ2v) is 4.93. The SMILES string of the molecule is COc1cnccc1C(=O)NCCS(N)(=O)=O. The number of sulfonamides is 1. The van der Waals surface area contributed by atoms with Crippen molar-refractivity contribution in [3.8, 4) is 5.75 Å². The molecule has 0 aromatic carbocycles. The van der Waals surface area contributed by atoms with Gasteiger partial charge in [-0.1, -0.05) is 0 Å². The van der Waals surface area contributed by atoms with Crippen LogP contribution in [0.3, 0.4) is 0 Å². The second kappa shape index (κ2) is 5.60. The van der Waals surface area contributed by atoms with Crippen molar-refractivity contribution in [1.82, 2.24) is 10.3 Å². The molecule has 1 amide bonds. The minimum atomic E-state index is -3.58. The zero-order valence-electron chi connectivity index (χ0n) is 9.21. The fourth-order valence-electron chi connectivity index (χ4n) is 1.13. The van der Waals surface area contributed by atoms with E-state index >= 15 is 0 Å². The highest BCUT2D eigenvalue weighted by molar-refractivity contribution is 7.89. The summed E-state index contributed by atoms with van der Waals surface area (Å²) < 4.78 is 26.3. The summed E-state index contributed by atoms with van der Waals surface area (Å²) in [7, 11) is -2.16. The molecule has 7 nitrogen and oxygen atoms in total. The average Bonchev–Trinajstić information content (AvgIpc) is 2.27. The minimum absolute atomic E-state index is 0.0524. The zero-order valence-corrected chi connectivity index (χ0v) is 10.0. The smallest absolute Gasteiger partial charge is 0.255 e. The predicted molar refractivity (Wildman–Crippen MR) is 61.1 cm³/mol. The number of rotatable bonds is 5. The predicted octanol–water partition coefficient (Wildman–Crippen LogP) is -0.891. The Morgan fingerprint density at radius 3 is 2.88 bits per heavy atom. The first-order valence-corrected chi connectivity index (χ1v) is 6.42. The fraction of sp³-hybridized carbons (Fsp3) is 0.333. The Kier molecular flexibility index (Phi) is 4.41. The lowest BCUT2D eigenvalue weighted by atomic mass is 10.2. The van der Waals surface area contributed by atoms with Crippen molar-refractivity contribution in [3.05, 3.63) is 24.0 Å². The van der Waals surface area contributed by atoms with Crippen molar-refractivity contribution in [2.24, 2.45) is 5.14 Å². The largest absolute Gasteiger partial charge is 0.494 e. The Morgan fingerprint density at radius 1 is 1.59 bits per heavy atom. The van der Waals surface area contributed by atoms with E-state index < -0.39 is 15.9 Å². The van der Waals surface area contributed by atoms with Crippen LogP contribution in [0.5, 0.6) is 5.75 Å². The number of pyridine rings is 1. The molecular formula is C9H13N3O4S. The molecule has 0 aliphatic rings. The van der Waals surface area contributed by atoms with Crippen LogP contribution in [0.4, 0.5) is 0 Å². The van der Waals surface area contributed by atoms with Crippen LogP contribution >= 0.6 is 0 Å². The maximum absolute atomic E-state index is 11.7. The average molecular weight is 259 g/mol. The third-order valence-corrected chi connectivity index (χ3v) is 2.69. The Bertz CT molecular complexity index is 501. The van der Waals surface area contributed by atoms with E-state index in [4.69, 9.17) is 9.88 Å². The second-order valence-electron chi connectivity index (χ2n) is 3.20. The van der Waals surface area contributed by atoms with E-state index in [0.717, 1.165) is 0 Å². The van der Waals surface area contributed by atoms with Gasteiger partial charge in [0, 0.05) is 12.7 Å². The number of amides is 1. The van der Waals surface area contributed by atoms with Gasteiger partial charge < -0.3 is 10.1 Å².